The van der Waals surface area contributed by atoms with Crippen LogP contribution in [0.15, 0.2) is 0 Å². The molecule has 0 aliphatic carbocycles. The minimum atomic E-state index is -5.10. The lowest BCUT2D eigenvalue weighted by Crippen LogP contribution is -2.61. The lowest BCUT2D eigenvalue weighted by Gasteiger charge is -2.41. The number of carbonyl (C=O) groups is 1. The Kier molecular flexibility index (Phi) is 32.1. The second kappa shape index (κ2) is 33.8. The predicted octanol–water partition coefficient (Wildman–Crippen LogP) is 7.19. The number of nitrogens with one attached hydrogen (secondary N) is 1. The van der Waals surface area contributed by atoms with Crippen LogP contribution >= 0.6 is 0 Å². The number of rotatable bonds is 38. The van der Waals surface area contributed by atoms with Gasteiger partial charge in [0.25, 0.3) is 0 Å². The first-order chi connectivity index (χ1) is 26.9. The smallest absolute Gasteiger partial charge is 0.394 e. The van der Waals surface area contributed by atoms with Crippen LogP contribution < -0.4 is 5.32 Å². The molecule has 0 spiro atoms. The van der Waals surface area contributed by atoms with Gasteiger partial charge in [-0.05, 0) is 12.8 Å². The van der Waals surface area contributed by atoms with Crippen LogP contribution in [0.4, 0.5) is 0 Å². The van der Waals surface area contributed by atoms with E-state index in [0.717, 1.165) is 44.9 Å². The SMILES string of the molecule is CCCCCCCCCCCCCCCCCCCCCC(O)C(=O)NC(COC1OC(CO)C(O)C(OS(=O)(=O)O)C1O)C(O)CCCCCCCCCC. The van der Waals surface area contributed by atoms with Crippen molar-refractivity contribution in [1.82, 2.24) is 5.32 Å². The summed E-state index contributed by atoms with van der Waals surface area (Å²) in [5.74, 6) is -0.669. The van der Waals surface area contributed by atoms with Crippen molar-refractivity contribution >= 4 is 16.3 Å². The van der Waals surface area contributed by atoms with Gasteiger partial charge in [-0.25, -0.2) is 4.18 Å². The van der Waals surface area contributed by atoms with Crippen LogP contribution in [0.2, 0.25) is 0 Å². The molecule has 1 aliphatic rings. The molecule has 1 amide bonds. The molecule has 1 heterocycles. The summed E-state index contributed by atoms with van der Waals surface area (Å²) < 4.78 is 47.4. The first kappa shape index (κ1) is 53.1. The van der Waals surface area contributed by atoms with E-state index in [0.29, 0.717) is 19.3 Å². The van der Waals surface area contributed by atoms with Crippen LogP contribution in [-0.2, 0) is 28.9 Å². The van der Waals surface area contributed by atoms with E-state index in [2.05, 4.69) is 23.3 Å². The molecule has 1 aliphatic heterocycles. The van der Waals surface area contributed by atoms with E-state index < -0.39 is 78.5 Å². The predicted molar refractivity (Wildman–Crippen MR) is 219 cm³/mol. The summed E-state index contributed by atoms with van der Waals surface area (Å²) in [6, 6.07) is -1.03. The van der Waals surface area contributed by atoms with Crippen LogP contribution in [0.3, 0.4) is 0 Å². The highest BCUT2D eigenvalue weighted by atomic mass is 32.3. The zero-order valence-corrected chi connectivity index (χ0v) is 35.9. The number of unbranched alkanes of at least 4 members (excludes halogenated alkanes) is 25. The molecule has 8 unspecified atom stereocenters. The van der Waals surface area contributed by atoms with E-state index in [4.69, 9.17) is 14.0 Å². The van der Waals surface area contributed by atoms with E-state index >= 15 is 0 Å². The Labute approximate surface area is 340 Å². The highest BCUT2D eigenvalue weighted by molar-refractivity contribution is 7.80. The summed E-state index contributed by atoms with van der Waals surface area (Å²) in [6.07, 6.45) is 21.8. The second-order valence-corrected chi connectivity index (χ2v) is 17.2. The van der Waals surface area contributed by atoms with E-state index in [9.17, 15) is 38.7 Å². The van der Waals surface area contributed by atoms with Crippen molar-refractivity contribution in [1.29, 1.82) is 0 Å². The zero-order valence-electron chi connectivity index (χ0n) is 35.1. The van der Waals surface area contributed by atoms with Crippen molar-refractivity contribution in [3.63, 3.8) is 0 Å². The minimum absolute atomic E-state index is 0.265. The standard InChI is InChI=1S/C42H83NO12S/c1-3-5-7-9-11-13-14-15-16-17-18-19-20-21-22-23-25-27-29-31-36(46)41(49)43-34(35(45)30-28-26-24-12-10-8-6-4-2)33-53-42-39(48)40(55-56(50,51)52)38(47)37(32-44)54-42/h34-40,42,44-48H,3-33H2,1-2H3,(H,43,49)(H,50,51,52). The van der Waals surface area contributed by atoms with Crippen molar-refractivity contribution in [3.05, 3.63) is 0 Å². The monoisotopic (exact) mass is 826 g/mol. The molecule has 0 aromatic rings. The van der Waals surface area contributed by atoms with Gasteiger partial charge in [0.2, 0.25) is 5.91 Å². The molecular formula is C42H83NO12S. The minimum Gasteiger partial charge on any atom is -0.394 e. The Morgan fingerprint density at radius 1 is 0.643 bits per heavy atom. The lowest BCUT2D eigenvalue weighted by molar-refractivity contribution is -0.298. The Bertz CT molecular complexity index is 1040. The molecule has 1 fully saturated rings. The summed E-state index contributed by atoms with van der Waals surface area (Å²) in [5.41, 5.74) is 0. The maximum atomic E-state index is 13.1. The molecule has 0 aromatic carbocycles. The fourth-order valence-corrected chi connectivity index (χ4v) is 7.92. The Morgan fingerprint density at radius 3 is 1.43 bits per heavy atom. The molecule has 0 bridgehead atoms. The largest absolute Gasteiger partial charge is 0.397 e. The van der Waals surface area contributed by atoms with Crippen LogP contribution in [0.1, 0.15) is 200 Å². The number of hydrogen-bond acceptors (Lipinski definition) is 11. The topological polar surface area (TPSA) is 212 Å². The van der Waals surface area contributed by atoms with Crippen LogP contribution in [-0.4, -0.2) is 107 Å². The number of ether oxygens (including phenoxy) is 2. The number of amides is 1. The van der Waals surface area contributed by atoms with Crippen molar-refractivity contribution in [2.75, 3.05) is 13.2 Å². The molecule has 56 heavy (non-hydrogen) atoms. The second-order valence-electron chi connectivity index (χ2n) is 16.1. The van der Waals surface area contributed by atoms with Gasteiger partial charge >= 0.3 is 10.4 Å². The number of hydrogen-bond donors (Lipinski definition) is 7. The van der Waals surface area contributed by atoms with Gasteiger partial charge in [0.15, 0.2) is 6.29 Å². The van der Waals surface area contributed by atoms with Crippen molar-refractivity contribution in [3.8, 4) is 0 Å². The number of aliphatic hydroxyl groups excluding tert-OH is 5. The van der Waals surface area contributed by atoms with Crippen molar-refractivity contribution < 1.29 is 57.0 Å². The van der Waals surface area contributed by atoms with Crippen LogP contribution in [0.25, 0.3) is 0 Å². The average molecular weight is 826 g/mol. The molecule has 13 nitrogen and oxygen atoms in total. The van der Waals surface area contributed by atoms with Crippen LogP contribution in [0, 0.1) is 0 Å². The molecule has 8 atom stereocenters. The summed E-state index contributed by atoms with van der Waals surface area (Å²) in [5, 5.41) is 55.1. The summed E-state index contributed by atoms with van der Waals surface area (Å²) in [6.45, 7) is 3.23. The average Bonchev–Trinajstić information content (AvgIpc) is 3.16. The molecule has 0 saturated carbocycles. The molecule has 1 saturated heterocycles. The third kappa shape index (κ3) is 26.2. The maximum absolute atomic E-state index is 13.1. The van der Waals surface area contributed by atoms with Gasteiger partial charge in [-0.3, -0.25) is 9.35 Å². The molecule has 0 radical (unpaired) electrons. The molecule has 0 aromatic heterocycles. The number of carbonyl (C=O) groups excluding carboxylic acids is 1. The fraction of sp³-hybridized carbons (Fsp3) is 0.976. The van der Waals surface area contributed by atoms with Crippen molar-refractivity contribution in [2.45, 2.75) is 249 Å². The highest BCUT2D eigenvalue weighted by Crippen LogP contribution is 2.26. The van der Waals surface area contributed by atoms with Crippen molar-refractivity contribution in [2.24, 2.45) is 0 Å². The molecular weight excluding hydrogens is 743 g/mol. The summed E-state index contributed by atoms with van der Waals surface area (Å²) >= 11 is 0. The molecule has 14 heteroatoms. The van der Waals surface area contributed by atoms with Crippen LogP contribution in [0.5, 0.6) is 0 Å². The van der Waals surface area contributed by atoms with Gasteiger partial charge in [0.05, 0.1) is 25.4 Å². The highest BCUT2D eigenvalue weighted by Gasteiger charge is 2.48. The fourth-order valence-electron chi connectivity index (χ4n) is 7.41. The zero-order chi connectivity index (χ0) is 41.4. The van der Waals surface area contributed by atoms with Gasteiger partial charge in [-0.2, -0.15) is 8.42 Å². The van der Waals surface area contributed by atoms with Gasteiger partial charge in [-0.15, -0.1) is 0 Å². The number of aliphatic hydroxyl groups is 5. The van der Waals surface area contributed by atoms with Gasteiger partial charge in [-0.1, -0.05) is 187 Å². The molecule has 7 N–H and O–H groups in total. The normalized spacial score (nSPS) is 21.9. The summed E-state index contributed by atoms with van der Waals surface area (Å²) in [4.78, 5) is 13.1. The van der Waals surface area contributed by atoms with E-state index in [1.165, 1.54) is 116 Å². The quantitative estimate of drug-likeness (QED) is 0.0244. The van der Waals surface area contributed by atoms with E-state index in [1.807, 2.05) is 0 Å². The first-order valence-electron chi connectivity index (χ1n) is 22.5. The maximum Gasteiger partial charge on any atom is 0.397 e. The van der Waals surface area contributed by atoms with Gasteiger partial charge in [0.1, 0.15) is 30.5 Å². The van der Waals surface area contributed by atoms with E-state index in [1.54, 1.807) is 0 Å². The molecule has 334 valence electrons. The lowest BCUT2D eigenvalue weighted by atomic mass is 9.99. The summed E-state index contributed by atoms with van der Waals surface area (Å²) in [7, 11) is -5.10. The van der Waals surface area contributed by atoms with Gasteiger partial charge in [0, 0.05) is 0 Å². The van der Waals surface area contributed by atoms with Gasteiger partial charge < -0.3 is 40.3 Å². The Balaban J connectivity index is 2.46. The third-order valence-corrected chi connectivity index (χ3v) is 11.5. The third-order valence-electron chi connectivity index (χ3n) is 11.0. The Morgan fingerprint density at radius 2 is 1.04 bits per heavy atom. The first-order valence-corrected chi connectivity index (χ1v) is 23.9. The molecule has 1 rings (SSSR count). The van der Waals surface area contributed by atoms with E-state index in [-0.39, 0.29) is 6.42 Å². The Hall–Kier alpha value is -0.940.